The van der Waals surface area contributed by atoms with Gasteiger partial charge in [0, 0.05) is 48.4 Å². The maximum Gasteiger partial charge on any atom is 0.435 e. The second-order valence-corrected chi connectivity index (χ2v) is 9.12. The number of benzene rings is 1. The van der Waals surface area contributed by atoms with Crippen LogP contribution in [0.1, 0.15) is 59.5 Å². The molecule has 1 saturated carbocycles. The van der Waals surface area contributed by atoms with Gasteiger partial charge in [-0.15, -0.1) is 0 Å². The standard InChI is InChI=1S/C26H27F3N6O/c1-3-34-15-20(16(2)32-34)22-13-19(18-7-4-5-8-21(18)31-22)25(36)30-11-6-12-35-23(17-9-10-17)14-24(33-35)26(27,28)29/h4-5,7-8,13-15,17H,3,6,9-12H2,1-2H3,(H,30,36). The van der Waals surface area contributed by atoms with Gasteiger partial charge in [-0.3, -0.25) is 14.2 Å². The number of alkyl halides is 3. The van der Waals surface area contributed by atoms with Gasteiger partial charge in [-0.25, -0.2) is 4.98 Å². The Hall–Kier alpha value is -3.69. The zero-order valence-electron chi connectivity index (χ0n) is 20.1. The first-order valence-corrected chi connectivity index (χ1v) is 12.1. The van der Waals surface area contributed by atoms with Crippen molar-refractivity contribution in [3.05, 3.63) is 65.2 Å². The number of hydrogen-bond donors (Lipinski definition) is 1. The van der Waals surface area contributed by atoms with Gasteiger partial charge in [-0.1, -0.05) is 18.2 Å². The molecule has 3 heterocycles. The number of aryl methyl sites for hydroxylation is 3. The van der Waals surface area contributed by atoms with E-state index in [9.17, 15) is 18.0 Å². The van der Waals surface area contributed by atoms with Crippen molar-refractivity contribution in [1.29, 1.82) is 0 Å². The third-order valence-electron chi connectivity index (χ3n) is 6.44. The molecule has 0 radical (unpaired) electrons. The van der Waals surface area contributed by atoms with Gasteiger partial charge in [0.05, 0.1) is 22.5 Å². The number of hydrogen-bond acceptors (Lipinski definition) is 4. The van der Waals surface area contributed by atoms with Crippen molar-refractivity contribution in [2.24, 2.45) is 0 Å². The predicted octanol–water partition coefficient (Wildman–Crippen LogP) is 5.34. The number of fused-ring (bicyclic) bond motifs is 1. The monoisotopic (exact) mass is 496 g/mol. The highest BCUT2D eigenvalue weighted by Crippen LogP contribution is 2.42. The number of amides is 1. The molecule has 0 aliphatic heterocycles. The lowest BCUT2D eigenvalue weighted by Crippen LogP contribution is -2.26. The Kier molecular flexibility index (Phi) is 6.27. The van der Waals surface area contributed by atoms with E-state index >= 15 is 0 Å². The van der Waals surface area contributed by atoms with Crippen LogP contribution < -0.4 is 5.32 Å². The molecule has 0 bridgehead atoms. The lowest BCUT2D eigenvalue weighted by atomic mass is 10.0. The van der Waals surface area contributed by atoms with Gasteiger partial charge in [0.1, 0.15) is 0 Å². The second kappa shape index (κ2) is 9.40. The van der Waals surface area contributed by atoms with Crippen molar-refractivity contribution in [2.45, 2.75) is 58.3 Å². The molecule has 3 aromatic heterocycles. The number of halogens is 3. The maximum atomic E-state index is 13.2. The molecular formula is C26H27F3N6O. The maximum absolute atomic E-state index is 13.2. The van der Waals surface area contributed by atoms with Crippen LogP contribution >= 0.6 is 0 Å². The summed E-state index contributed by atoms with van der Waals surface area (Å²) in [6.45, 7) is 5.25. The Morgan fingerprint density at radius 3 is 2.64 bits per heavy atom. The SMILES string of the molecule is CCn1cc(-c2cc(C(=O)NCCCn3nc(C(F)(F)F)cc3C3CC3)c3ccccc3n2)c(C)n1. The average molecular weight is 497 g/mol. The number of carbonyl (C=O) groups excluding carboxylic acids is 1. The summed E-state index contributed by atoms with van der Waals surface area (Å²) in [5.41, 5.74) is 3.33. The smallest absolute Gasteiger partial charge is 0.352 e. The molecule has 0 spiro atoms. The molecule has 1 amide bonds. The minimum absolute atomic E-state index is 0.144. The highest BCUT2D eigenvalue weighted by atomic mass is 19.4. The number of nitrogens with zero attached hydrogens (tertiary/aromatic N) is 5. The van der Waals surface area contributed by atoms with Gasteiger partial charge in [0.25, 0.3) is 5.91 Å². The van der Waals surface area contributed by atoms with E-state index in [1.807, 2.05) is 49.0 Å². The lowest BCUT2D eigenvalue weighted by molar-refractivity contribution is -0.141. The van der Waals surface area contributed by atoms with Crippen molar-refractivity contribution in [3.63, 3.8) is 0 Å². The molecule has 1 aliphatic carbocycles. The van der Waals surface area contributed by atoms with E-state index in [0.717, 1.165) is 42.1 Å². The number of nitrogens with one attached hydrogen (secondary N) is 1. The van der Waals surface area contributed by atoms with Crippen LogP contribution in [0.2, 0.25) is 0 Å². The van der Waals surface area contributed by atoms with Crippen LogP contribution in [0.3, 0.4) is 0 Å². The summed E-state index contributed by atoms with van der Waals surface area (Å²) < 4.78 is 42.7. The first-order valence-electron chi connectivity index (χ1n) is 12.1. The van der Waals surface area contributed by atoms with E-state index in [-0.39, 0.29) is 11.8 Å². The summed E-state index contributed by atoms with van der Waals surface area (Å²) in [5.74, 6) is -0.112. The van der Waals surface area contributed by atoms with E-state index in [2.05, 4.69) is 15.5 Å². The molecule has 1 aliphatic rings. The predicted molar refractivity (Wildman–Crippen MR) is 130 cm³/mol. The Labute approximate surface area is 206 Å². The Morgan fingerprint density at radius 2 is 1.94 bits per heavy atom. The van der Waals surface area contributed by atoms with Crippen LogP contribution in [0.4, 0.5) is 13.2 Å². The molecule has 1 aromatic carbocycles. The van der Waals surface area contributed by atoms with E-state index in [4.69, 9.17) is 4.98 Å². The quantitative estimate of drug-likeness (QED) is 0.334. The van der Waals surface area contributed by atoms with E-state index in [1.165, 1.54) is 4.68 Å². The van der Waals surface area contributed by atoms with Crippen molar-refractivity contribution in [2.75, 3.05) is 6.54 Å². The van der Waals surface area contributed by atoms with Gasteiger partial charge < -0.3 is 5.32 Å². The summed E-state index contributed by atoms with van der Waals surface area (Å²) in [4.78, 5) is 17.9. The van der Waals surface area contributed by atoms with Gasteiger partial charge in [0.2, 0.25) is 0 Å². The molecule has 10 heteroatoms. The summed E-state index contributed by atoms with van der Waals surface area (Å²) in [6, 6.07) is 10.4. The molecule has 1 fully saturated rings. The minimum Gasteiger partial charge on any atom is -0.352 e. The number of aromatic nitrogens is 5. The van der Waals surface area contributed by atoms with Crippen molar-refractivity contribution >= 4 is 16.8 Å². The van der Waals surface area contributed by atoms with Gasteiger partial charge in [-0.05, 0) is 51.3 Å². The Bertz CT molecular complexity index is 1420. The zero-order chi connectivity index (χ0) is 25.4. The molecular weight excluding hydrogens is 469 g/mol. The van der Waals surface area contributed by atoms with Crippen LogP contribution in [-0.4, -0.2) is 37.0 Å². The van der Waals surface area contributed by atoms with Gasteiger partial charge >= 0.3 is 6.18 Å². The Balaban J connectivity index is 1.32. The van der Waals surface area contributed by atoms with Crippen LogP contribution in [0.25, 0.3) is 22.2 Å². The first-order chi connectivity index (χ1) is 17.2. The van der Waals surface area contributed by atoms with Crippen molar-refractivity contribution in [1.82, 2.24) is 29.9 Å². The summed E-state index contributed by atoms with van der Waals surface area (Å²) in [6.07, 6.45) is -0.315. The van der Waals surface area contributed by atoms with Crippen molar-refractivity contribution in [3.8, 4) is 11.3 Å². The topological polar surface area (TPSA) is 77.6 Å². The molecule has 36 heavy (non-hydrogen) atoms. The fourth-order valence-corrected chi connectivity index (χ4v) is 4.42. The number of pyridine rings is 1. The normalized spacial score (nSPS) is 13.9. The lowest BCUT2D eigenvalue weighted by Gasteiger charge is -2.11. The molecule has 0 saturated heterocycles. The average Bonchev–Trinajstić information content (AvgIpc) is 3.49. The van der Waals surface area contributed by atoms with E-state index in [0.29, 0.717) is 42.0 Å². The number of rotatable bonds is 8. The zero-order valence-corrected chi connectivity index (χ0v) is 20.1. The summed E-state index contributed by atoms with van der Waals surface area (Å²) in [7, 11) is 0. The molecule has 188 valence electrons. The summed E-state index contributed by atoms with van der Waals surface area (Å²) >= 11 is 0. The fourth-order valence-electron chi connectivity index (χ4n) is 4.42. The number of carbonyl (C=O) groups is 1. The third-order valence-corrected chi connectivity index (χ3v) is 6.44. The Morgan fingerprint density at radius 1 is 1.17 bits per heavy atom. The fraction of sp³-hybridized carbons (Fsp3) is 0.385. The van der Waals surface area contributed by atoms with Crippen LogP contribution in [0.15, 0.2) is 42.6 Å². The molecule has 0 atom stereocenters. The third kappa shape index (κ3) is 4.84. The minimum atomic E-state index is -4.46. The molecule has 7 nitrogen and oxygen atoms in total. The highest BCUT2D eigenvalue weighted by molar-refractivity contribution is 6.07. The van der Waals surface area contributed by atoms with Crippen LogP contribution in [-0.2, 0) is 19.3 Å². The van der Waals surface area contributed by atoms with Crippen molar-refractivity contribution < 1.29 is 18.0 Å². The van der Waals surface area contributed by atoms with Crippen LogP contribution in [0.5, 0.6) is 0 Å². The van der Waals surface area contributed by atoms with Crippen LogP contribution in [0, 0.1) is 6.92 Å². The van der Waals surface area contributed by atoms with Gasteiger partial charge in [0.15, 0.2) is 5.69 Å². The van der Waals surface area contributed by atoms with Gasteiger partial charge in [-0.2, -0.15) is 23.4 Å². The summed E-state index contributed by atoms with van der Waals surface area (Å²) in [5, 5.41) is 11.9. The molecule has 5 rings (SSSR count). The molecule has 4 aromatic rings. The molecule has 0 unspecified atom stereocenters. The second-order valence-electron chi connectivity index (χ2n) is 9.12. The largest absolute Gasteiger partial charge is 0.435 e. The van der Waals surface area contributed by atoms with E-state index in [1.54, 1.807) is 6.07 Å². The highest BCUT2D eigenvalue weighted by Gasteiger charge is 2.37. The molecule has 1 N–H and O–H groups in total. The number of para-hydroxylation sites is 1. The van der Waals surface area contributed by atoms with E-state index < -0.39 is 11.9 Å². The first kappa shape index (κ1) is 24.0.